The summed E-state index contributed by atoms with van der Waals surface area (Å²) in [5.74, 6) is 0. The van der Waals surface area contributed by atoms with Crippen molar-refractivity contribution in [1.82, 2.24) is 0 Å². The summed E-state index contributed by atoms with van der Waals surface area (Å²) in [6, 6.07) is 93.4. The first-order valence-corrected chi connectivity index (χ1v) is 45.0. The molecule has 1 saturated carbocycles. The van der Waals surface area contributed by atoms with Gasteiger partial charge in [0.1, 0.15) is 36.6 Å². The van der Waals surface area contributed by atoms with E-state index in [0.717, 1.165) is 7.11 Å². The molecule has 7 atom stereocenters. The Morgan fingerprint density at radius 2 is 0.263 bits per heavy atom. The molecular weight excluding hydrogens is 1580 g/mol. The van der Waals surface area contributed by atoms with Crippen molar-refractivity contribution < 1.29 is 109 Å². The largest absolute Gasteiger partial charge is 0.475 e. The molecule has 0 N–H and O–H groups in total. The number of rotatable bonds is 46. The van der Waals surface area contributed by atoms with Gasteiger partial charge in [-0.15, -0.1) is 0 Å². The van der Waals surface area contributed by atoms with E-state index in [2.05, 4.69) is 0 Å². The Kier molecular flexibility index (Phi) is 32.1. The van der Waals surface area contributed by atoms with Crippen LogP contribution in [0.3, 0.4) is 0 Å². The fraction of sp³-hybridized carbons (Fsp3) is 0.214. The maximum atomic E-state index is 17.0. The summed E-state index contributed by atoms with van der Waals surface area (Å²) in [7, 11) is -32.3. The number of phosphoric ester groups is 6. The molecular formula is C84H86O24P6. The molecule has 11 aromatic rings. The Balaban J connectivity index is 1.16. The zero-order chi connectivity index (χ0) is 79.2. The van der Waals surface area contributed by atoms with Crippen molar-refractivity contribution in [1.29, 1.82) is 0 Å². The van der Waals surface area contributed by atoms with E-state index in [9.17, 15) is 0 Å². The van der Waals surface area contributed by atoms with Crippen LogP contribution in [0.25, 0.3) is 0 Å². The molecule has 3 unspecified atom stereocenters. The zero-order valence-corrected chi connectivity index (χ0v) is 67.3. The minimum Gasteiger partial charge on any atom is -0.290 e. The van der Waals surface area contributed by atoms with Gasteiger partial charge in [-0.3, -0.25) is 81.4 Å². The fourth-order valence-electron chi connectivity index (χ4n) is 11.4. The summed E-state index contributed by atoms with van der Waals surface area (Å²) in [4.78, 5) is 0. The molecule has 0 aromatic heterocycles. The summed E-state index contributed by atoms with van der Waals surface area (Å²) in [6.07, 6.45) is -15.8. The van der Waals surface area contributed by atoms with Gasteiger partial charge in [-0.05, 0) is 61.2 Å². The summed E-state index contributed by atoms with van der Waals surface area (Å²) in [5, 5.41) is 0. The summed E-state index contributed by atoms with van der Waals surface area (Å²) >= 11 is 0. The molecule has 11 aromatic carbocycles. The molecule has 0 spiro atoms. The van der Waals surface area contributed by atoms with Gasteiger partial charge in [0, 0.05) is 7.11 Å². The molecule has 0 heterocycles. The van der Waals surface area contributed by atoms with E-state index >= 15 is 27.4 Å². The Hall–Kier alpha value is -7.92. The lowest BCUT2D eigenvalue weighted by atomic mass is 9.85. The summed E-state index contributed by atoms with van der Waals surface area (Å²) in [6.45, 7) is -5.91. The maximum Gasteiger partial charge on any atom is 0.475 e. The molecule has 0 saturated heterocycles. The van der Waals surface area contributed by atoms with Crippen LogP contribution in [0.15, 0.2) is 334 Å². The first kappa shape index (κ1) is 85.4. The minimum atomic E-state index is -5.58. The van der Waals surface area contributed by atoms with Crippen LogP contribution < -0.4 is 0 Å². The Labute approximate surface area is 663 Å². The molecule has 1 aliphatic carbocycles. The highest BCUT2D eigenvalue weighted by atomic mass is 31.2. The average molecular weight is 1670 g/mol. The van der Waals surface area contributed by atoms with Crippen molar-refractivity contribution in [3.63, 3.8) is 0 Å². The van der Waals surface area contributed by atoms with Gasteiger partial charge in [-0.25, -0.2) is 27.4 Å². The van der Waals surface area contributed by atoms with E-state index < -0.39 is 156 Å². The molecule has 0 amide bonds. The molecule has 0 bridgehead atoms. The first-order valence-electron chi connectivity index (χ1n) is 36.3. The van der Waals surface area contributed by atoms with E-state index in [1.807, 2.05) is 0 Å². The number of hydrogen-bond acceptors (Lipinski definition) is 24. The van der Waals surface area contributed by atoms with E-state index in [0.29, 0.717) is 61.2 Å². The standard InChI is InChI=1S/C84H86O24P6/c1-91-109(85,92-57-68-35-13-2-14-36-68)103-79-80(104-110(86,93-58-69-37-15-3-16-38-69)94-59-70-39-17-4-18-40-70)82(106-112(88,97-62-73-45-23-7-24-46-73)98-63-74-47-25-8-26-48-74)84(108-114(90,101-66-77-53-31-11-32-54-77)102-67-78-55-33-12-34-56-78)83(107-113(89,99-64-75-49-27-9-28-50-75)100-65-76-51-29-10-30-52-76)81(79)105-111(87,95-60-71-41-19-5-20-42-71)96-61-72-43-21-6-22-44-72/h2-56,79-84H,57-67H2,1H3/t79?,80-,81+,82+,83-,84?,109?. The molecule has 596 valence electrons. The lowest BCUT2D eigenvalue weighted by molar-refractivity contribution is -0.209. The SMILES string of the molecule is COP(=O)(OCc1ccccc1)OC1[C@@H](OP(=O)(OCc2ccccc2)OCc2ccccc2)[C@H](OP(=O)(OCc2ccccc2)OCc2ccccc2)C(OP(=O)(OCc2ccccc2)OCc2ccccc2)[C@H](OP(=O)(OCc2ccccc2)OCc2ccccc2)[C@H]1OP(=O)(OCc1ccccc1)OCc1ccccc1. The topological polar surface area (TPSA) is 269 Å². The summed E-state index contributed by atoms with van der Waals surface area (Å²) in [5.41, 5.74) is 4.70. The second kappa shape index (κ2) is 42.8. The smallest absolute Gasteiger partial charge is 0.290 e. The van der Waals surface area contributed by atoms with Crippen LogP contribution in [0.2, 0.25) is 0 Å². The lowest BCUT2D eigenvalue weighted by Crippen LogP contribution is -2.66. The van der Waals surface area contributed by atoms with Crippen molar-refractivity contribution in [2.24, 2.45) is 0 Å². The molecule has 30 heteroatoms. The number of hydrogen-bond donors (Lipinski definition) is 0. The molecule has 24 nitrogen and oxygen atoms in total. The van der Waals surface area contributed by atoms with Gasteiger partial charge in [0.25, 0.3) is 0 Å². The second-order valence-corrected chi connectivity index (χ2v) is 35.5. The third-order valence-corrected chi connectivity index (χ3v) is 25.6. The molecule has 114 heavy (non-hydrogen) atoms. The maximum absolute atomic E-state index is 17.0. The van der Waals surface area contributed by atoms with Crippen LogP contribution in [0.5, 0.6) is 0 Å². The number of phosphoric acid groups is 6. The van der Waals surface area contributed by atoms with Gasteiger partial charge in [0.2, 0.25) is 0 Å². The van der Waals surface area contributed by atoms with Crippen molar-refractivity contribution in [2.45, 2.75) is 109 Å². The monoisotopic (exact) mass is 1660 g/mol. The third-order valence-electron chi connectivity index (χ3n) is 17.2. The van der Waals surface area contributed by atoms with Crippen molar-refractivity contribution in [3.05, 3.63) is 395 Å². The van der Waals surface area contributed by atoms with Gasteiger partial charge >= 0.3 is 46.9 Å². The number of benzene rings is 11. The zero-order valence-electron chi connectivity index (χ0n) is 62.0. The van der Waals surface area contributed by atoms with Crippen LogP contribution in [0.1, 0.15) is 61.2 Å². The molecule has 1 fully saturated rings. The highest BCUT2D eigenvalue weighted by Crippen LogP contribution is 2.67. The molecule has 1 aliphatic rings. The lowest BCUT2D eigenvalue weighted by Gasteiger charge is -2.50. The van der Waals surface area contributed by atoms with Gasteiger partial charge in [0.15, 0.2) is 0 Å². The van der Waals surface area contributed by atoms with Gasteiger partial charge in [-0.1, -0.05) is 334 Å². The molecule has 12 rings (SSSR count). The Morgan fingerprint density at radius 3 is 0.368 bits per heavy atom. The second-order valence-electron chi connectivity index (χ2n) is 25.6. The van der Waals surface area contributed by atoms with Crippen LogP contribution >= 0.6 is 46.9 Å². The van der Waals surface area contributed by atoms with Crippen molar-refractivity contribution >= 4 is 46.9 Å². The van der Waals surface area contributed by atoms with Crippen LogP contribution in [0.4, 0.5) is 0 Å². The molecule has 0 radical (unpaired) electrons. The minimum absolute atomic E-state index is 0.427. The van der Waals surface area contributed by atoms with Crippen molar-refractivity contribution in [3.8, 4) is 0 Å². The van der Waals surface area contributed by atoms with Crippen molar-refractivity contribution in [2.75, 3.05) is 7.11 Å². The van der Waals surface area contributed by atoms with Crippen LogP contribution in [-0.2, 0) is 181 Å². The average Bonchev–Trinajstić information content (AvgIpc) is 0.732. The van der Waals surface area contributed by atoms with E-state index in [1.165, 1.54) is 0 Å². The van der Waals surface area contributed by atoms with E-state index in [4.69, 9.17) is 81.4 Å². The predicted octanol–water partition coefficient (Wildman–Crippen LogP) is 22.0. The summed E-state index contributed by atoms with van der Waals surface area (Å²) < 4.78 is 221. The highest BCUT2D eigenvalue weighted by Gasteiger charge is 2.65. The van der Waals surface area contributed by atoms with Gasteiger partial charge < -0.3 is 0 Å². The van der Waals surface area contributed by atoms with Crippen LogP contribution in [-0.4, -0.2) is 43.7 Å². The third kappa shape index (κ3) is 26.8. The normalized spacial score (nSPS) is 17.4. The van der Waals surface area contributed by atoms with Crippen LogP contribution in [0, 0.1) is 0 Å². The Bertz CT molecular complexity index is 4500. The van der Waals surface area contributed by atoms with Gasteiger partial charge in [0.05, 0.1) is 72.7 Å². The fourth-order valence-corrected chi connectivity index (χ4v) is 19.2. The predicted molar refractivity (Wildman–Crippen MR) is 425 cm³/mol. The Morgan fingerprint density at radius 1 is 0.167 bits per heavy atom. The quantitative estimate of drug-likeness (QED) is 0.0321. The first-order chi connectivity index (χ1) is 55.5. The van der Waals surface area contributed by atoms with E-state index in [-0.39, 0.29) is 0 Å². The van der Waals surface area contributed by atoms with Gasteiger partial charge in [-0.2, -0.15) is 0 Å². The highest BCUT2D eigenvalue weighted by molar-refractivity contribution is 7.50. The van der Waals surface area contributed by atoms with E-state index in [1.54, 1.807) is 334 Å². The molecule has 0 aliphatic heterocycles.